The molecule has 2 heterocycles. The summed E-state index contributed by atoms with van der Waals surface area (Å²) in [5.41, 5.74) is 5.04. The fourth-order valence-electron chi connectivity index (χ4n) is 4.65. The second kappa shape index (κ2) is 8.06. The lowest BCUT2D eigenvalue weighted by atomic mass is 10.0. The molecule has 1 aromatic heterocycles. The van der Waals surface area contributed by atoms with Crippen LogP contribution in [0.25, 0.3) is 17.1 Å². The maximum Gasteiger partial charge on any atom is 0.285 e. The third-order valence-electron chi connectivity index (χ3n) is 6.14. The van der Waals surface area contributed by atoms with Crippen LogP contribution in [-0.2, 0) is 0 Å². The van der Waals surface area contributed by atoms with E-state index in [-0.39, 0.29) is 5.91 Å². The van der Waals surface area contributed by atoms with E-state index in [1.165, 1.54) is 19.3 Å². The molecule has 5 nitrogen and oxygen atoms in total. The number of hydrogen-bond acceptors (Lipinski definition) is 3. The highest BCUT2D eigenvalue weighted by Crippen LogP contribution is 2.37. The molecule has 0 radical (unpaired) electrons. The Morgan fingerprint density at radius 2 is 1.70 bits per heavy atom. The first-order valence-electron chi connectivity index (χ1n) is 10.2. The van der Waals surface area contributed by atoms with Gasteiger partial charge in [0.25, 0.3) is 5.91 Å². The molecule has 2 fully saturated rings. The van der Waals surface area contributed by atoms with Gasteiger partial charge < -0.3 is 0 Å². The van der Waals surface area contributed by atoms with Crippen LogP contribution in [0.3, 0.4) is 0 Å². The lowest BCUT2D eigenvalue weighted by molar-refractivity contribution is 0.0809. The van der Waals surface area contributed by atoms with Crippen molar-refractivity contribution in [3.8, 4) is 17.1 Å². The van der Waals surface area contributed by atoms with Crippen LogP contribution in [0.5, 0.6) is 0 Å². The molecule has 1 amide bonds. The molecule has 2 aliphatic rings. The Balaban J connectivity index is 1.47. The minimum Gasteiger partial charge on any atom is -0.299 e. The van der Waals surface area contributed by atoms with Gasteiger partial charge in [-0.15, -0.1) is 0 Å². The predicted molar refractivity (Wildman–Crippen MR) is 119 cm³/mol. The molecule has 30 heavy (non-hydrogen) atoms. The van der Waals surface area contributed by atoms with Gasteiger partial charge in [-0.1, -0.05) is 41.8 Å². The van der Waals surface area contributed by atoms with Crippen LogP contribution in [0.15, 0.2) is 54.7 Å². The Bertz CT molecular complexity index is 1070. The van der Waals surface area contributed by atoms with Crippen LogP contribution in [0, 0.1) is 11.8 Å². The van der Waals surface area contributed by atoms with E-state index in [2.05, 4.69) is 10.4 Å². The molecule has 1 saturated heterocycles. The number of fused-ring (bicyclic) bond motifs is 1. The summed E-state index contributed by atoms with van der Waals surface area (Å²) in [5.74, 6) is 1.83. The first-order valence-corrected chi connectivity index (χ1v) is 11.0. The number of carbonyl (C=O) groups excluding carboxylic acids is 1. The van der Waals surface area contributed by atoms with Crippen molar-refractivity contribution in [3.63, 3.8) is 0 Å². The first kappa shape index (κ1) is 19.6. The number of aromatic nitrogens is 2. The summed E-state index contributed by atoms with van der Waals surface area (Å²) < 4.78 is 1.88. The number of nitrogens with one attached hydrogen (secondary N) is 1. The van der Waals surface area contributed by atoms with E-state index in [1.54, 1.807) is 6.20 Å². The number of hydrazine groups is 1. The molecule has 1 aliphatic heterocycles. The van der Waals surface area contributed by atoms with E-state index in [1.807, 2.05) is 58.1 Å². The van der Waals surface area contributed by atoms with Gasteiger partial charge in [0, 0.05) is 35.6 Å². The second-order valence-electron chi connectivity index (χ2n) is 8.07. The zero-order valence-corrected chi connectivity index (χ0v) is 17.9. The number of imidazole rings is 1. The molecular formula is C23H22Cl2N4O. The van der Waals surface area contributed by atoms with Crippen molar-refractivity contribution in [1.82, 2.24) is 20.0 Å². The van der Waals surface area contributed by atoms with Crippen LogP contribution in [0.2, 0.25) is 10.0 Å². The Hall–Kier alpha value is -2.34. The summed E-state index contributed by atoms with van der Waals surface area (Å²) in [6.07, 6.45) is 5.59. The van der Waals surface area contributed by atoms with Gasteiger partial charge in [-0.25, -0.2) is 9.99 Å². The third-order valence-corrected chi connectivity index (χ3v) is 6.73. The summed E-state index contributed by atoms with van der Waals surface area (Å²) in [6.45, 7) is 1.84. The molecule has 2 atom stereocenters. The Morgan fingerprint density at radius 3 is 2.40 bits per heavy atom. The molecule has 7 heteroatoms. The van der Waals surface area contributed by atoms with Crippen molar-refractivity contribution in [2.75, 3.05) is 13.1 Å². The predicted octanol–water partition coefficient (Wildman–Crippen LogP) is 5.22. The fraction of sp³-hybridized carbons (Fsp3) is 0.304. The van der Waals surface area contributed by atoms with Crippen molar-refractivity contribution in [3.05, 3.63) is 70.5 Å². The molecule has 1 aliphatic carbocycles. The normalized spacial score (nSPS) is 21.0. The number of amides is 1. The lowest BCUT2D eigenvalue weighted by Gasteiger charge is -2.17. The molecule has 0 spiro atoms. The summed E-state index contributed by atoms with van der Waals surface area (Å²) in [4.78, 5) is 17.7. The Kier molecular flexibility index (Phi) is 5.27. The largest absolute Gasteiger partial charge is 0.299 e. The molecule has 2 unspecified atom stereocenters. The van der Waals surface area contributed by atoms with Gasteiger partial charge in [-0.2, -0.15) is 0 Å². The molecule has 1 saturated carbocycles. The second-order valence-corrected chi connectivity index (χ2v) is 8.92. The van der Waals surface area contributed by atoms with Crippen LogP contribution in [0.4, 0.5) is 0 Å². The van der Waals surface area contributed by atoms with E-state index in [0.29, 0.717) is 33.4 Å². The number of carbonyl (C=O) groups is 1. The van der Waals surface area contributed by atoms with Gasteiger partial charge in [0.2, 0.25) is 0 Å². The highest BCUT2D eigenvalue weighted by atomic mass is 35.5. The third kappa shape index (κ3) is 3.73. The van der Waals surface area contributed by atoms with Gasteiger partial charge in [0.05, 0.1) is 5.02 Å². The van der Waals surface area contributed by atoms with Crippen LogP contribution in [-0.4, -0.2) is 33.6 Å². The highest BCUT2D eigenvalue weighted by molar-refractivity contribution is 6.33. The van der Waals surface area contributed by atoms with Gasteiger partial charge >= 0.3 is 0 Å². The lowest BCUT2D eigenvalue weighted by Crippen LogP contribution is -2.41. The first-order chi connectivity index (χ1) is 14.6. The highest BCUT2D eigenvalue weighted by Gasteiger charge is 2.37. The van der Waals surface area contributed by atoms with E-state index >= 15 is 0 Å². The van der Waals surface area contributed by atoms with Crippen LogP contribution < -0.4 is 5.43 Å². The number of nitrogens with zero attached hydrogens (tertiary/aromatic N) is 3. The van der Waals surface area contributed by atoms with Crippen molar-refractivity contribution in [1.29, 1.82) is 0 Å². The topological polar surface area (TPSA) is 50.2 Å². The number of halogens is 2. The van der Waals surface area contributed by atoms with Gasteiger partial charge in [-0.05, 0) is 61.1 Å². The minimum atomic E-state index is -0.198. The van der Waals surface area contributed by atoms with Crippen molar-refractivity contribution in [2.45, 2.75) is 19.3 Å². The molecule has 154 valence electrons. The van der Waals surface area contributed by atoms with Crippen LogP contribution >= 0.6 is 23.2 Å². The van der Waals surface area contributed by atoms with E-state index in [9.17, 15) is 4.79 Å². The van der Waals surface area contributed by atoms with E-state index in [0.717, 1.165) is 24.3 Å². The molecule has 5 rings (SSSR count). The van der Waals surface area contributed by atoms with Gasteiger partial charge in [-0.3, -0.25) is 14.8 Å². The number of benzene rings is 2. The summed E-state index contributed by atoms with van der Waals surface area (Å²) in [7, 11) is 0. The van der Waals surface area contributed by atoms with Gasteiger partial charge in [0.1, 0.15) is 11.5 Å². The summed E-state index contributed by atoms with van der Waals surface area (Å²) in [5, 5.41) is 3.28. The van der Waals surface area contributed by atoms with Crippen molar-refractivity contribution < 1.29 is 4.79 Å². The summed E-state index contributed by atoms with van der Waals surface area (Å²) >= 11 is 12.5. The monoisotopic (exact) mass is 440 g/mol. The van der Waals surface area contributed by atoms with Crippen LogP contribution in [0.1, 0.15) is 29.8 Å². The SMILES string of the molecule is O=C(NN1CC2CCCC2C1)c1cn(-c2ccc(Cl)cc2)c(-c2ccccc2Cl)n1. The minimum absolute atomic E-state index is 0.198. The van der Waals surface area contributed by atoms with E-state index in [4.69, 9.17) is 23.2 Å². The standard InChI is InChI=1S/C23H22Cl2N4O/c24-17-8-10-18(11-9-17)29-14-21(26-22(29)19-6-1-2-7-20(19)25)23(30)27-28-12-15-4-3-5-16(15)13-28/h1-2,6-11,14-16H,3-5,12-13H2,(H,27,30). The molecule has 3 aromatic rings. The molecule has 2 aromatic carbocycles. The molecule has 1 N–H and O–H groups in total. The maximum atomic E-state index is 13.0. The Labute approximate surface area is 185 Å². The van der Waals surface area contributed by atoms with E-state index < -0.39 is 0 Å². The smallest absolute Gasteiger partial charge is 0.285 e. The average molecular weight is 441 g/mol. The van der Waals surface area contributed by atoms with Crippen molar-refractivity contribution >= 4 is 29.1 Å². The summed E-state index contributed by atoms with van der Waals surface area (Å²) in [6, 6.07) is 14.9. The number of rotatable bonds is 4. The fourth-order valence-corrected chi connectivity index (χ4v) is 4.99. The zero-order chi connectivity index (χ0) is 20.7. The molecule has 0 bridgehead atoms. The quantitative estimate of drug-likeness (QED) is 0.604. The Morgan fingerprint density at radius 1 is 1.00 bits per heavy atom. The van der Waals surface area contributed by atoms with Gasteiger partial charge in [0.15, 0.2) is 0 Å². The maximum absolute atomic E-state index is 13.0. The number of hydrogen-bond donors (Lipinski definition) is 1. The van der Waals surface area contributed by atoms with Crippen molar-refractivity contribution in [2.24, 2.45) is 11.8 Å². The molecular weight excluding hydrogens is 419 g/mol. The average Bonchev–Trinajstić information content (AvgIpc) is 3.44. The zero-order valence-electron chi connectivity index (χ0n) is 16.4.